The van der Waals surface area contributed by atoms with Crippen LogP contribution in [0.2, 0.25) is 0 Å². The van der Waals surface area contributed by atoms with E-state index < -0.39 is 7.82 Å². The average Bonchev–Trinajstić information content (AvgIpc) is 2.46. The molecular weight excluding hydrogens is 331 g/mol. The zero-order valence-electron chi connectivity index (χ0n) is 9.35. The Kier molecular flexibility index (Phi) is 7.60. The molecule has 0 aliphatic heterocycles. The van der Waals surface area contributed by atoms with Crippen molar-refractivity contribution in [2.75, 3.05) is 0 Å². The van der Waals surface area contributed by atoms with Crippen LogP contribution in [-0.2, 0) is 4.57 Å². The molecule has 2 radical (unpaired) electrons. The van der Waals surface area contributed by atoms with Gasteiger partial charge in [-0.25, -0.2) is 4.57 Å². The first-order valence-electron chi connectivity index (χ1n) is 3.97. The average molecular weight is 338 g/mol. The van der Waals surface area contributed by atoms with Gasteiger partial charge >= 0.3 is 7.82 Å². The molecular formula is C8H7BrNNa2O4P. The fourth-order valence-electron chi connectivity index (χ4n) is 1.27. The topological polar surface area (TPSA) is 82.6 Å². The van der Waals surface area contributed by atoms with Gasteiger partial charge in [-0.2, -0.15) is 0 Å². The van der Waals surface area contributed by atoms with Gasteiger partial charge in [0, 0.05) is 80.7 Å². The second kappa shape index (κ2) is 7.10. The Hall–Kier alpha value is 1.19. The van der Waals surface area contributed by atoms with Crippen LogP contribution in [0.15, 0.2) is 28.9 Å². The van der Waals surface area contributed by atoms with Gasteiger partial charge in [0.05, 0.1) is 0 Å². The van der Waals surface area contributed by atoms with E-state index in [2.05, 4.69) is 25.4 Å². The zero-order valence-corrected chi connectivity index (χ0v) is 15.8. The van der Waals surface area contributed by atoms with Crippen molar-refractivity contribution in [1.82, 2.24) is 4.98 Å². The van der Waals surface area contributed by atoms with E-state index in [0.717, 1.165) is 9.99 Å². The molecule has 1 heterocycles. The number of rotatable bonds is 2. The van der Waals surface area contributed by atoms with Crippen molar-refractivity contribution in [3.63, 3.8) is 0 Å². The fourth-order valence-corrected chi connectivity index (χ4v) is 2.04. The summed E-state index contributed by atoms with van der Waals surface area (Å²) in [5.41, 5.74) is 0.752. The van der Waals surface area contributed by atoms with Crippen molar-refractivity contribution in [3.8, 4) is 5.75 Å². The molecule has 17 heavy (non-hydrogen) atoms. The van der Waals surface area contributed by atoms with E-state index in [1.807, 2.05) is 6.07 Å². The smallest absolute Gasteiger partial charge is 0.402 e. The monoisotopic (exact) mass is 337 g/mol. The van der Waals surface area contributed by atoms with E-state index >= 15 is 0 Å². The van der Waals surface area contributed by atoms with Crippen LogP contribution < -0.4 is 4.52 Å². The maximum atomic E-state index is 10.7. The molecule has 0 unspecified atom stereocenters. The quantitative estimate of drug-likeness (QED) is 0.574. The van der Waals surface area contributed by atoms with E-state index in [4.69, 9.17) is 9.79 Å². The maximum absolute atomic E-state index is 10.7. The molecule has 3 N–H and O–H groups in total. The minimum atomic E-state index is -4.51. The Morgan fingerprint density at radius 3 is 2.53 bits per heavy atom. The summed E-state index contributed by atoms with van der Waals surface area (Å²) in [4.78, 5) is 20.2. The van der Waals surface area contributed by atoms with Crippen LogP contribution in [0.1, 0.15) is 0 Å². The Labute approximate surface area is 150 Å². The second-order valence-electron chi connectivity index (χ2n) is 2.92. The standard InChI is InChI=1S/C8H7BrNO4P.2Na/c9-5-1-2-7-6(3-5)8(4-10-7)14-15(11,12)13;;/h1-4,10H,(H2,11,12,13);;. The van der Waals surface area contributed by atoms with E-state index in [-0.39, 0.29) is 64.9 Å². The summed E-state index contributed by atoms with van der Waals surface area (Å²) in [6.07, 6.45) is 1.41. The predicted molar refractivity (Wildman–Crippen MR) is 70.2 cm³/mol. The summed E-state index contributed by atoms with van der Waals surface area (Å²) >= 11 is 3.27. The summed E-state index contributed by atoms with van der Waals surface area (Å²) < 4.78 is 16.0. The van der Waals surface area contributed by atoms with E-state index in [9.17, 15) is 4.57 Å². The number of fused-ring (bicyclic) bond motifs is 1. The summed E-state index contributed by atoms with van der Waals surface area (Å²) in [5.74, 6) is 0.139. The minimum absolute atomic E-state index is 0. The molecule has 9 heteroatoms. The third kappa shape index (κ3) is 4.99. The van der Waals surface area contributed by atoms with Crippen molar-refractivity contribution in [2.45, 2.75) is 0 Å². The molecule has 2 aromatic rings. The molecule has 0 aliphatic rings. The zero-order chi connectivity index (χ0) is 11.1. The van der Waals surface area contributed by atoms with Crippen LogP contribution in [0.5, 0.6) is 5.75 Å². The normalized spacial score (nSPS) is 10.5. The number of H-pyrrole nitrogens is 1. The van der Waals surface area contributed by atoms with Gasteiger partial charge in [0.25, 0.3) is 0 Å². The molecule has 2 rings (SSSR count). The second-order valence-corrected chi connectivity index (χ2v) is 5.00. The first kappa shape index (κ1) is 18.2. The third-order valence-electron chi connectivity index (χ3n) is 1.82. The SMILES string of the molecule is O=P(O)(O)Oc1c[nH]c2ccc(Br)cc12.[Na].[Na]. The van der Waals surface area contributed by atoms with Gasteiger partial charge in [-0.05, 0) is 18.2 Å². The summed E-state index contributed by atoms with van der Waals surface area (Å²) in [5, 5.41) is 0.618. The Balaban J connectivity index is 0.00000128. The number of benzene rings is 1. The molecule has 0 saturated carbocycles. The number of nitrogens with one attached hydrogen (secondary N) is 1. The first-order valence-corrected chi connectivity index (χ1v) is 6.30. The molecule has 0 spiro atoms. The summed E-state index contributed by atoms with van der Waals surface area (Å²) in [6.45, 7) is 0. The number of aromatic amines is 1. The van der Waals surface area contributed by atoms with Crippen LogP contribution in [0.25, 0.3) is 10.9 Å². The van der Waals surface area contributed by atoms with Crippen molar-refractivity contribution < 1.29 is 18.9 Å². The van der Waals surface area contributed by atoms with E-state index in [0.29, 0.717) is 5.39 Å². The van der Waals surface area contributed by atoms with E-state index in [1.165, 1.54) is 6.20 Å². The van der Waals surface area contributed by atoms with Gasteiger partial charge in [0.15, 0.2) is 5.75 Å². The van der Waals surface area contributed by atoms with Gasteiger partial charge in [0.2, 0.25) is 0 Å². The Bertz CT molecular complexity index is 555. The molecule has 0 saturated heterocycles. The van der Waals surface area contributed by atoms with Gasteiger partial charge in [-0.3, -0.25) is 9.79 Å². The predicted octanol–water partition coefficient (Wildman–Crippen LogP) is 1.64. The van der Waals surface area contributed by atoms with Gasteiger partial charge in [0.1, 0.15) is 0 Å². The number of phosphoric ester groups is 1. The molecule has 0 aliphatic carbocycles. The van der Waals surface area contributed by atoms with Gasteiger partial charge in [-0.1, -0.05) is 15.9 Å². The molecule has 0 amide bonds. The first-order chi connectivity index (χ1) is 6.96. The summed E-state index contributed by atoms with van der Waals surface area (Å²) in [6, 6.07) is 5.32. The van der Waals surface area contributed by atoms with Crippen molar-refractivity contribution >= 4 is 93.8 Å². The summed E-state index contributed by atoms with van der Waals surface area (Å²) in [7, 11) is -4.51. The third-order valence-corrected chi connectivity index (χ3v) is 2.75. The number of hydrogen-bond donors (Lipinski definition) is 3. The molecule has 82 valence electrons. The molecule has 5 nitrogen and oxygen atoms in total. The van der Waals surface area contributed by atoms with Gasteiger partial charge < -0.3 is 9.51 Å². The molecule has 0 bridgehead atoms. The Morgan fingerprint density at radius 2 is 1.94 bits per heavy atom. The number of hydrogen-bond acceptors (Lipinski definition) is 2. The van der Waals surface area contributed by atoms with Crippen LogP contribution in [-0.4, -0.2) is 73.9 Å². The maximum Gasteiger partial charge on any atom is 0.524 e. The number of aromatic nitrogens is 1. The van der Waals surface area contributed by atoms with E-state index in [1.54, 1.807) is 12.1 Å². The van der Waals surface area contributed by atoms with Gasteiger partial charge in [-0.15, -0.1) is 0 Å². The molecule has 1 aromatic heterocycles. The van der Waals surface area contributed by atoms with Crippen LogP contribution in [0.4, 0.5) is 0 Å². The molecule has 0 fully saturated rings. The largest absolute Gasteiger partial charge is 0.524 e. The van der Waals surface area contributed by atoms with Crippen molar-refractivity contribution in [2.24, 2.45) is 0 Å². The van der Waals surface area contributed by atoms with Crippen molar-refractivity contribution in [1.29, 1.82) is 0 Å². The van der Waals surface area contributed by atoms with Crippen LogP contribution in [0.3, 0.4) is 0 Å². The molecule has 1 aromatic carbocycles. The molecule has 0 atom stereocenters. The minimum Gasteiger partial charge on any atom is -0.402 e. The number of phosphoric acid groups is 1. The van der Waals surface area contributed by atoms with Crippen LogP contribution in [0, 0.1) is 0 Å². The van der Waals surface area contributed by atoms with Crippen molar-refractivity contribution in [3.05, 3.63) is 28.9 Å². The Morgan fingerprint density at radius 1 is 1.29 bits per heavy atom. The number of halogens is 1. The van der Waals surface area contributed by atoms with Crippen LogP contribution >= 0.6 is 23.8 Å². The fraction of sp³-hybridized carbons (Fsp3) is 0.